The van der Waals surface area contributed by atoms with Crippen LogP contribution in [0.25, 0.3) is 0 Å². The minimum atomic E-state index is 0.785. The van der Waals surface area contributed by atoms with Gasteiger partial charge in [0.1, 0.15) is 0 Å². The monoisotopic (exact) mass is 246 g/mol. The molecule has 0 amide bonds. The molecule has 3 rings (SSSR count). The summed E-state index contributed by atoms with van der Waals surface area (Å²) < 4.78 is 5.80. The number of nitrogens with one attached hydrogen (secondary N) is 1. The highest BCUT2D eigenvalue weighted by Gasteiger charge is 2.14. The van der Waals surface area contributed by atoms with Crippen LogP contribution >= 0.6 is 0 Å². The normalized spacial score (nSPS) is 22.8. The molecule has 1 N–H and O–H groups in total. The Labute approximate surface area is 109 Å². The lowest BCUT2D eigenvalue weighted by molar-refractivity contribution is 0.247. The number of rotatable bonds is 4. The number of pyridine rings is 1. The highest BCUT2D eigenvalue weighted by molar-refractivity contribution is 5.29. The molecule has 18 heavy (non-hydrogen) atoms. The highest BCUT2D eigenvalue weighted by atomic mass is 16.5. The lowest BCUT2D eigenvalue weighted by Crippen LogP contribution is -2.30. The first-order valence-corrected chi connectivity index (χ1v) is 7.24. The summed E-state index contributed by atoms with van der Waals surface area (Å²) in [6, 6.07) is 4.22. The van der Waals surface area contributed by atoms with Gasteiger partial charge in [-0.1, -0.05) is 6.07 Å². The number of piperidine rings is 1. The van der Waals surface area contributed by atoms with Crippen LogP contribution in [0, 0.1) is 5.92 Å². The molecule has 1 fully saturated rings. The summed E-state index contributed by atoms with van der Waals surface area (Å²) >= 11 is 0. The van der Waals surface area contributed by atoms with Crippen LogP contribution in [0.3, 0.4) is 0 Å². The lowest BCUT2D eigenvalue weighted by Gasteiger charge is -2.22. The standard InChI is InChI=1S/C15H22N2O/c1-4-13-6-7-15(17-14(13)5-1)18-10-8-12-3-2-9-16-11-12/h6-7,12,16H,1-5,8-11H2. The van der Waals surface area contributed by atoms with Gasteiger partial charge >= 0.3 is 0 Å². The van der Waals surface area contributed by atoms with Crippen molar-refractivity contribution in [2.45, 2.75) is 38.5 Å². The number of aromatic nitrogens is 1. The summed E-state index contributed by atoms with van der Waals surface area (Å²) in [5.74, 6) is 1.60. The Balaban J connectivity index is 1.48. The van der Waals surface area contributed by atoms with Crippen molar-refractivity contribution in [1.82, 2.24) is 10.3 Å². The predicted octanol–water partition coefficient (Wildman–Crippen LogP) is 2.34. The van der Waals surface area contributed by atoms with Gasteiger partial charge < -0.3 is 10.1 Å². The van der Waals surface area contributed by atoms with E-state index in [4.69, 9.17) is 4.74 Å². The summed E-state index contributed by atoms with van der Waals surface area (Å²) in [7, 11) is 0. The van der Waals surface area contributed by atoms with E-state index in [1.165, 1.54) is 43.5 Å². The molecular formula is C15H22N2O. The number of aryl methyl sites for hydroxylation is 2. The van der Waals surface area contributed by atoms with Crippen LogP contribution in [-0.4, -0.2) is 24.7 Å². The molecule has 0 aromatic carbocycles. The van der Waals surface area contributed by atoms with Gasteiger partial charge in [0.05, 0.1) is 6.61 Å². The number of nitrogens with zero attached hydrogens (tertiary/aromatic N) is 1. The Morgan fingerprint density at radius 3 is 3.17 bits per heavy atom. The minimum absolute atomic E-state index is 0.785. The molecule has 0 saturated carbocycles. The largest absolute Gasteiger partial charge is 0.478 e. The van der Waals surface area contributed by atoms with Gasteiger partial charge in [-0.25, -0.2) is 4.98 Å². The third kappa shape index (κ3) is 2.83. The van der Waals surface area contributed by atoms with Gasteiger partial charge in [-0.15, -0.1) is 0 Å². The van der Waals surface area contributed by atoms with Crippen LogP contribution < -0.4 is 10.1 Å². The molecular weight excluding hydrogens is 224 g/mol. The molecule has 0 radical (unpaired) electrons. The second-order valence-electron chi connectivity index (χ2n) is 5.46. The van der Waals surface area contributed by atoms with E-state index in [-0.39, 0.29) is 0 Å². The Bertz CT molecular complexity index is 399. The Kier molecular flexibility index (Phi) is 3.79. The molecule has 98 valence electrons. The first kappa shape index (κ1) is 12.0. The van der Waals surface area contributed by atoms with Gasteiger partial charge in [-0.2, -0.15) is 0 Å². The van der Waals surface area contributed by atoms with Gasteiger partial charge in [0.2, 0.25) is 5.88 Å². The first-order chi connectivity index (χ1) is 8.92. The quantitative estimate of drug-likeness (QED) is 0.885. The highest BCUT2D eigenvalue weighted by Crippen LogP contribution is 2.23. The topological polar surface area (TPSA) is 34.1 Å². The van der Waals surface area contributed by atoms with E-state index < -0.39 is 0 Å². The third-order valence-electron chi connectivity index (χ3n) is 4.08. The maximum absolute atomic E-state index is 5.80. The minimum Gasteiger partial charge on any atom is -0.478 e. The predicted molar refractivity (Wildman–Crippen MR) is 72.0 cm³/mol. The molecule has 1 aliphatic heterocycles. The summed E-state index contributed by atoms with van der Waals surface area (Å²) in [5, 5.41) is 3.45. The molecule has 1 aromatic rings. The van der Waals surface area contributed by atoms with Gasteiger partial charge in [0.25, 0.3) is 0 Å². The van der Waals surface area contributed by atoms with E-state index in [9.17, 15) is 0 Å². The molecule has 1 atom stereocenters. The van der Waals surface area contributed by atoms with Crippen LogP contribution in [0.5, 0.6) is 5.88 Å². The fourth-order valence-corrected chi connectivity index (χ4v) is 2.98. The maximum atomic E-state index is 5.80. The van der Waals surface area contributed by atoms with Gasteiger partial charge in [0, 0.05) is 11.8 Å². The molecule has 1 unspecified atom stereocenters. The van der Waals surface area contributed by atoms with Crippen LogP contribution in [0.15, 0.2) is 12.1 Å². The zero-order valence-corrected chi connectivity index (χ0v) is 11.0. The van der Waals surface area contributed by atoms with Crippen molar-refractivity contribution in [1.29, 1.82) is 0 Å². The zero-order valence-electron chi connectivity index (χ0n) is 11.0. The SMILES string of the molecule is c1cc2c(nc1OCCC1CCCNC1)CCC2. The van der Waals surface area contributed by atoms with Gasteiger partial charge in [-0.3, -0.25) is 0 Å². The average Bonchev–Trinajstić information content (AvgIpc) is 2.87. The number of hydrogen-bond acceptors (Lipinski definition) is 3. The number of hydrogen-bond donors (Lipinski definition) is 1. The van der Waals surface area contributed by atoms with Crippen LogP contribution in [0.1, 0.15) is 36.9 Å². The average molecular weight is 246 g/mol. The molecule has 1 aromatic heterocycles. The van der Waals surface area contributed by atoms with Crippen LogP contribution in [-0.2, 0) is 12.8 Å². The molecule has 2 heterocycles. The van der Waals surface area contributed by atoms with E-state index in [0.29, 0.717) is 0 Å². The van der Waals surface area contributed by atoms with E-state index >= 15 is 0 Å². The maximum Gasteiger partial charge on any atom is 0.213 e. The molecule has 3 nitrogen and oxygen atoms in total. The van der Waals surface area contributed by atoms with Crippen molar-refractivity contribution < 1.29 is 4.74 Å². The fourth-order valence-electron chi connectivity index (χ4n) is 2.98. The van der Waals surface area contributed by atoms with Crippen LogP contribution in [0.4, 0.5) is 0 Å². The molecule has 2 aliphatic rings. The summed E-state index contributed by atoms with van der Waals surface area (Å²) in [6.45, 7) is 3.14. The van der Waals surface area contributed by atoms with Crippen molar-refractivity contribution in [2.75, 3.05) is 19.7 Å². The summed E-state index contributed by atoms with van der Waals surface area (Å²) in [5.41, 5.74) is 2.67. The molecule has 3 heteroatoms. The zero-order chi connectivity index (χ0) is 12.2. The van der Waals surface area contributed by atoms with E-state index in [2.05, 4.69) is 16.4 Å². The first-order valence-electron chi connectivity index (χ1n) is 7.24. The Morgan fingerprint density at radius 2 is 2.28 bits per heavy atom. The Hall–Kier alpha value is -1.09. The van der Waals surface area contributed by atoms with Crippen molar-refractivity contribution >= 4 is 0 Å². The Morgan fingerprint density at radius 1 is 1.28 bits per heavy atom. The molecule has 0 spiro atoms. The summed E-state index contributed by atoms with van der Waals surface area (Å²) in [4.78, 5) is 4.60. The van der Waals surface area contributed by atoms with E-state index in [1.807, 2.05) is 6.07 Å². The second kappa shape index (κ2) is 5.70. The van der Waals surface area contributed by atoms with E-state index in [0.717, 1.165) is 37.8 Å². The van der Waals surface area contributed by atoms with E-state index in [1.54, 1.807) is 0 Å². The lowest BCUT2D eigenvalue weighted by atomic mass is 9.97. The second-order valence-corrected chi connectivity index (χ2v) is 5.46. The molecule has 1 aliphatic carbocycles. The molecule has 1 saturated heterocycles. The van der Waals surface area contributed by atoms with Gasteiger partial charge in [-0.05, 0) is 63.1 Å². The van der Waals surface area contributed by atoms with Crippen LogP contribution in [0.2, 0.25) is 0 Å². The van der Waals surface area contributed by atoms with Crippen molar-refractivity contribution in [2.24, 2.45) is 5.92 Å². The number of fused-ring (bicyclic) bond motifs is 1. The fraction of sp³-hybridized carbons (Fsp3) is 0.667. The van der Waals surface area contributed by atoms with Gasteiger partial charge in [0.15, 0.2) is 0 Å². The van der Waals surface area contributed by atoms with Crippen molar-refractivity contribution in [3.05, 3.63) is 23.4 Å². The third-order valence-corrected chi connectivity index (χ3v) is 4.08. The molecule has 0 bridgehead atoms. The number of ether oxygens (including phenoxy) is 1. The smallest absolute Gasteiger partial charge is 0.213 e. The van der Waals surface area contributed by atoms with Crippen molar-refractivity contribution in [3.63, 3.8) is 0 Å². The van der Waals surface area contributed by atoms with Crippen molar-refractivity contribution in [3.8, 4) is 5.88 Å². The summed E-state index contributed by atoms with van der Waals surface area (Å²) in [6.07, 6.45) is 7.36.